The van der Waals surface area contributed by atoms with E-state index >= 15 is 0 Å². The van der Waals surface area contributed by atoms with Gasteiger partial charge in [0.1, 0.15) is 25.3 Å². The van der Waals surface area contributed by atoms with Crippen molar-refractivity contribution in [2.24, 2.45) is 0 Å². The summed E-state index contributed by atoms with van der Waals surface area (Å²) in [5, 5.41) is 0. The predicted molar refractivity (Wildman–Crippen MR) is 41.5 cm³/mol. The summed E-state index contributed by atoms with van der Waals surface area (Å²) in [6.07, 6.45) is 0.879. The molecule has 52 valence electrons. The van der Waals surface area contributed by atoms with Crippen molar-refractivity contribution in [3.63, 3.8) is 0 Å². The summed E-state index contributed by atoms with van der Waals surface area (Å²) in [4.78, 5) is 12.3. The van der Waals surface area contributed by atoms with Crippen LogP contribution < -0.4 is 0 Å². The van der Waals surface area contributed by atoms with E-state index in [2.05, 4.69) is 15.0 Å². The molecule has 4 heteroatoms. The van der Waals surface area contributed by atoms with Gasteiger partial charge in [0.05, 0.1) is 0 Å². The SMILES string of the molecule is BCc1nc(C)nc(C)n1. The number of nitrogens with zero attached hydrogens (tertiary/aromatic N) is 3. The van der Waals surface area contributed by atoms with E-state index < -0.39 is 0 Å². The van der Waals surface area contributed by atoms with Crippen molar-refractivity contribution in [3.8, 4) is 0 Å². The summed E-state index contributed by atoms with van der Waals surface area (Å²) in [6, 6.07) is 0. The van der Waals surface area contributed by atoms with E-state index in [1.54, 1.807) is 0 Å². The van der Waals surface area contributed by atoms with Crippen LogP contribution in [0.2, 0.25) is 0 Å². The minimum Gasteiger partial charge on any atom is -0.219 e. The van der Waals surface area contributed by atoms with Gasteiger partial charge in [0.15, 0.2) is 0 Å². The van der Waals surface area contributed by atoms with Crippen molar-refractivity contribution in [1.29, 1.82) is 0 Å². The second kappa shape index (κ2) is 2.77. The Labute approximate surface area is 61.3 Å². The van der Waals surface area contributed by atoms with Gasteiger partial charge in [0, 0.05) is 0 Å². The van der Waals surface area contributed by atoms with Crippen LogP contribution in [0.4, 0.5) is 0 Å². The second-order valence-corrected chi connectivity index (χ2v) is 2.20. The third-order valence-corrected chi connectivity index (χ3v) is 1.22. The van der Waals surface area contributed by atoms with Crippen molar-refractivity contribution < 1.29 is 0 Å². The minimum absolute atomic E-state index is 0.810. The smallest absolute Gasteiger partial charge is 0.129 e. The summed E-state index contributed by atoms with van der Waals surface area (Å²) in [5.41, 5.74) is 0. The van der Waals surface area contributed by atoms with E-state index in [1.165, 1.54) is 0 Å². The van der Waals surface area contributed by atoms with Crippen molar-refractivity contribution in [1.82, 2.24) is 15.0 Å². The number of hydrogen-bond donors (Lipinski definition) is 0. The van der Waals surface area contributed by atoms with Gasteiger partial charge in [0.25, 0.3) is 0 Å². The maximum atomic E-state index is 4.13. The molecule has 0 radical (unpaired) electrons. The molecule has 0 saturated carbocycles. The van der Waals surface area contributed by atoms with Crippen molar-refractivity contribution in [2.75, 3.05) is 0 Å². The van der Waals surface area contributed by atoms with Gasteiger partial charge in [-0.15, -0.1) is 0 Å². The van der Waals surface area contributed by atoms with Crippen LogP contribution in [-0.4, -0.2) is 22.8 Å². The first-order chi connectivity index (χ1) is 4.72. The molecule has 0 saturated heterocycles. The number of aromatic nitrogens is 3. The fraction of sp³-hybridized carbons (Fsp3) is 0.500. The van der Waals surface area contributed by atoms with Crippen LogP contribution in [0.25, 0.3) is 0 Å². The van der Waals surface area contributed by atoms with Crippen LogP contribution in [0, 0.1) is 13.8 Å². The average Bonchev–Trinajstić information content (AvgIpc) is 1.85. The molecule has 0 unspecified atom stereocenters. The Morgan fingerprint density at radius 1 is 1.10 bits per heavy atom. The molecule has 0 fully saturated rings. The highest BCUT2D eigenvalue weighted by molar-refractivity contribution is 6.07. The lowest BCUT2D eigenvalue weighted by atomic mass is 10.1. The fourth-order valence-electron chi connectivity index (χ4n) is 0.841. The maximum Gasteiger partial charge on any atom is 0.129 e. The first kappa shape index (κ1) is 7.19. The molecule has 1 heterocycles. The average molecular weight is 135 g/mol. The summed E-state index contributed by atoms with van der Waals surface area (Å²) in [7, 11) is 2.04. The lowest BCUT2D eigenvalue weighted by Gasteiger charge is -1.97. The van der Waals surface area contributed by atoms with Crippen molar-refractivity contribution in [3.05, 3.63) is 17.5 Å². The summed E-state index contributed by atoms with van der Waals surface area (Å²) in [5.74, 6) is 2.50. The van der Waals surface area contributed by atoms with Crippen LogP contribution in [0.1, 0.15) is 17.5 Å². The molecule has 1 aromatic heterocycles. The Kier molecular flexibility index (Phi) is 1.99. The van der Waals surface area contributed by atoms with E-state index in [0.717, 1.165) is 23.8 Å². The lowest BCUT2D eigenvalue weighted by molar-refractivity contribution is 0.866. The van der Waals surface area contributed by atoms with Crippen molar-refractivity contribution in [2.45, 2.75) is 20.2 Å². The molecular formula is C6H10BN3. The van der Waals surface area contributed by atoms with Gasteiger partial charge in [-0.3, -0.25) is 0 Å². The van der Waals surface area contributed by atoms with Gasteiger partial charge >= 0.3 is 0 Å². The van der Waals surface area contributed by atoms with Gasteiger partial charge in [-0.05, 0) is 20.2 Å². The van der Waals surface area contributed by atoms with E-state index in [-0.39, 0.29) is 0 Å². The van der Waals surface area contributed by atoms with Gasteiger partial charge in [0.2, 0.25) is 0 Å². The normalized spacial score (nSPS) is 9.80. The van der Waals surface area contributed by atoms with Crippen LogP contribution in [-0.2, 0) is 6.32 Å². The monoisotopic (exact) mass is 135 g/mol. The molecular weight excluding hydrogens is 125 g/mol. The van der Waals surface area contributed by atoms with E-state index in [0.29, 0.717) is 0 Å². The van der Waals surface area contributed by atoms with Crippen LogP contribution in [0.5, 0.6) is 0 Å². The van der Waals surface area contributed by atoms with Crippen LogP contribution in [0.3, 0.4) is 0 Å². The highest BCUT2D eigenvalue weighted by Gasteiger charge is 1.95. The Balaban J connectivity index is 3.06. The number of hydrogen-bond acceptors (Lipinski definition) is 3. The second-order valence-electron chi connectivity index (χ2n) is 2.20. The first-order valence-corrected chi connectivity index (χ1v) is 3.40. The van der Waals surface area contributed by atoms with Crippen molar-refractivity contribution >= 4 is 7.85 Å². The molecule has 1 aromatic rings. The summed E-state index contributed by atoms with van der Waals surface area (Å²) >= 11 is 0. The first-order valence-electron chi connectivity index (χ1n) is 3.40. The van der Waals surface area contributed by atoms with Gasteiger partial charge in [-0.2, -0.15) is 0 Å². The lowest BCUT2D eigenvalue weighted by Crippen LogP contribution is -2.02. The van der Waals surface area contributed by atoms with E-state index in [4.69, 9.17) is 0 Å². The third-order valence-electron chi connectivity index (χ3n) is 1.22. The van der Waals surface area contributed by atoms with Gasteiger partial charge < -0.3 is 0 Å². The van der Waals surface area contributed by atoms with Gasteiger partial charge in [-0.1, -0.05) is 0 Å². The highest BCUT2D eigenvalue weighted by atomic mass is 15.0. The molecule has 0 aliphatic rings. The Morgan fingerprint density at radius 3 is 2.00 bits per heavy atom. The topological polar surface area (TPSA) is 38.7 Å². The molecule has 0 aliphatic carbocycles. The molecule has 0 spiro atoms. The standard InChI is InChI=1S/C6H10BN3/c1-4-8-5(2)10-6(3-7)9-4/h3,7H2,1-2H3. The van der Waals surface area contributed by atoms with E-state index in [9.17, 15) is 0 Å². The molecule has 0 N–H and O–H groups in total. The Morgan fingerprint density at radius 2 is 1.60 bits per heavy atom. The summed E-state index contributed by atoms with van der Waals surface area (Å²) in [6.45, 7) is 3.77. The largest absolute Gasteiger partial charge is 0.219 e. The summed E-state index contributed by atoms with van der Waals surface area (Å²) < 4.78 is 0. The van der Waals surface area contributed by atoms with Gasteiger partial charge in [-0.25, -0.2) is 15.0 Å². The predicted octanol–water partition coefficient (Wildman–Crippen LogP) is -0.378. The number of rotatable bonds is 1. The van der Waals surface area contributed by atoms with Crippen LogP contribution >= 0.6 is 0 Å². The van der Waals surface area contributed by atoms with E-state index in [1.807, 2.05) is 21.7 Å². The minimum atomic E-state index is 0.810. The molecule has 10 heavy (non-hydrogen) atoms. The molecule has 0 aliphatic heterocycles. The Bertz CT molecular complexity index is 216. The molecule has 0 bridgehead atoms. The maximum absolute atomic E-state index is 4.13. The fourth-order valence-corrected chi connectivity index (χ4v) is 0.841. The zero-order valence-electron chi connectivity index (χ0n) is 6.55. The molecule has 3 nitrogen and oxygen atoms in total. The number of aryl methyl sites for hydroxylation is 2. The Hall–Kier alpha value is -0.925. The third kappa shape index (κ3) is 1.53. The van der Waals surface area contributed by atoms with Crippen LogP contribution in [0.15, 0.2) is 0 Å². The molecule has 0 amide bonds. The quantitative estimate of drug-likeness (QED) is 0.492. The molecule has 0 aromatic carbocycles. The zero-order valence-corrected chi connectivity index (χ0v) is 6.55. The highest BCUT2D eigenvalue weighted by Crippen LogP contribution is 1.92. The zero-order chi connectivity index (χ0) is 7.56. The molecule has 1 rings (SSSR count). The molecule has 0 atom stereocenters.